The van der Waals surface area contributed by atoms with Crippen molar-refractivity contribution in [2.45, 2.75) is 13.8 Å². The van der Waals surface area contributed by atoms with Gasteiger partial charge in [0.2, 0.25) is 0 Å². The van der Waals surface area contributed by atoms with Gasteiger partial charge in [0.1, 0.15) is 0 Å². The van der Waals surface area contributed by atoms with Crippen LogP contribution in [0.25, 0.3) is 0 Å². The molecule has 0 heterocycles. The first-order valence-electron chi connectivity index (χ1n) is 4.57. The molecule has 0 aliphatic rings. The Hall–Kier alpha value is -1.09. The minimum Gasteiger partial charge on any atom is -0.545 e. The summed E-state index contributed by atoms with van der Waals surface area (Å²) in [5, 5.41) is 16.1. The van der Waals surface area contributed by atoms with Crippen LogP contribution in [0.15, 0.2) is 48.6 Å². The molecule has 0 saturated carbocycles. The van der Waals surface area contributed by atoms with E-state index in [1.54, 1.807) is 24.3 Å². The van der Waals surface area contributed by atoms with Crippen molar-refractivity contribution >= 4 is 6.79 Å². The van der Waals surface area contributed by atoms with Crippen molar-refractivity contribution in [3.8, 4) is 0 Å². The predicted molar refractivity (Wildman–Crippen MR) is 67.1 cm³/mol. The van der Waals surface area contributed by atoms with Gasteiger partial charge in [-0.3, -0.25) is 6.79 Å². The Balaban J connectivity index is -0.0000000823. The number of rotatable bonds is 4. The maximum absolute atomic E-state index is 8.05. The molecule has 0 amide bonds. The Morgan fingerprint density at radius 2 is 1.12 bits per heavy atom. The van der Waals surface area contributed by atoms with E-state index < -0.39 is 0 Å². The van der Waals surface area contributed by atoms with E-state index in [0.29, 0.717) is 0 Å². The molecule has 0 aromatic rings. The Kier molecular flexibility index (Phi) is 53.3. The fourth-order valence-corrected chi connectivity index (χ4v) is 0.450. The van der Waals surface area contributed by atoms with Gasteiger partial charge >= 0.3 is 19.5 Å². The summed E-state index contributed by atoms with van der Waals surface area (Å²) in [5.41, 5.74) is 0. The minimum atomic E-state index is 0. The molecule has 0 aliphatic carbocycles. The van der Waals surface area contributed by atoms with E-state index in [-0.39, 0.29) is 19.5 Å². The van der Waals surface area contributed by atoms with Crippen LogP contribution in [0.4, 0.5) is 0 Å². The van der Waals surface area contributed by atoms with Crippen LogP contribution in [0.2, 0.25) is 0 Å². The fourth-order valence-electron chi connectivity index (χ4n) is 0.450. The van der Waals surface area contributed by atoms with Gasteiger partial charge in [0, 0.05) is 0 Å². The van der Waals surface area contributed by atoms with E-state index in [1.165, 1.54) is 0 Å². The molecule has 0 unspecified atom stereocenters. The third-order valence-corrected chi connectivity index (χ3v) is 1.00. The standard InChI is InChI=1S/2C6H9O.CHO.Ru/c2*1-2-3-4-5-6-7;1-2;/h2*2-7H,1H3;1H;/q3*-1;+3. The van der Waals surface area contributed by atoms with Crippen molar-refractivity contribution in [1.29, 1.82) is 0 Å². The van der Waals surface area contributed by atoms with Crippen LogP contribution in [0.1, 0.15) is 13.8 Å². The van der Waals surface area contributed by atoms with Crippen LogP contribution < -0.4 is 0 Å². The zero-order valence-electron chi connectivity index (χ0n) is 10.0. The van der Waals surface area contributed by atoms with E-state index in [2.05, 4.69) is 6.79 Å². The maximum atomic E-state index is 8.05. The average molecular weight is 324 g/mol. The first kappa shape index (κ1) is 24.9. The van der Waals surface area contributed by atoms with Gasteiger partial charge in [0.15, 0.2) is 0 Å². The minimum absolute atomic E-state index is 0. The molecule has 0 fully saturated rings. The van der Waals surface area contributed by atoms with Crippen molar-refractivity contribution in [3.63, 3.8) is 0 Å². The quantitative estimate of drug-likeness (QED) is 0.362. The Morgan fingerprint density at radius 1 is 0.824 bits per heavy atom. The molecule has 3 nitrogen and oxygen atoms in total. The zero-order valence-corrected chi connectivity index (χ0v) is 11.7. The Bertz CT molecular complexity index is 187. The molecule has 97 valence electrons. The molecule has 4 heteroatoms. The van der Waals surface area contributed by atoms with Crippen LogP contribution in [-0.4, -0.2) is 17.0 Å². The molecule has 0 aromatic carbocycles. The third kappa shape index (κ3) is 52.0. The molecule has 0 aromatic heterocycles. The van der Waals surface area contributed by atoms with E-state index >= 15 is 0 Å². The average Bonchev–Trinajstić information content (AvgIpc) is 2.34. The second kappa shape index (κ2) is 36.3. The number of hydrogen-bond acceptors (Lipinski definition) is 3. The molecular weight excluding hydrogens is 305 g/mol. The third-order valence-electron chi connectivity index (χ3n) is 1.00. The summed E-state index contributed by atoms with van der Waals surface area (Å²) in [6.45, 7) is 9.09. The second-order valence-electron chi connectivity index (χ2n) is 2.12. The number of allylic oxidation sites excluding steroid dienone is 6. The SMILES string of the molecule is CC=CC=C[CH-]O.CC=CC=C[CH-]O.[CH-]=O.[Ru+3]. The summed E-state index contributed by atoms with van der Waals surface area (Å²) in [6.07, 6.45) is 14.1. The van der Waals surface area contributed by atoms with E-state index in [4.69, 9.17) is 15.0 Å². The van der Waals surface area contributed by atoms with Crippen LogP contribution in [-0.2, 0) is 24.3 Å². The van der Waals surface area contributed by atoms with Gasteiger partial charge < -0.3 is 15.0 Å². The summed E-state index contributed by atoms with van der Waals surface area (Å²) < 4.78 is 0. The molecular formula is C13H19O3Ru. The Morgan fingerprint density at radius 3 is 1.29 bits per heavy atom. The van der Waals surface area contributed by atoms with Crippen LogP contribution in [0.5, 0.6) is 0 Å². The van der Waals surface area contributed by atoms with Gasteiger partial charge in [-0.2, -0.15) is 0 Å². The summed E-state index contributed by atoms with van der Waals surface area (Å²) in [5.74, 6) is 0. The largest absolute Gasteiger partial charge is 3.00 e. The summed E-state index contributed by atoms with van der Waals surface area (Å²) >= 11 is 0. The predicted octanol–water partition coefficient (Wildman–Crippen LogP) is 3.03. The monoisotopic (exact) mass is 325 g/mol. The van der Waals surface area contributed by atoms with E-state index in [9.17, 15) is 0 Å². The summed E-state index contributed by atoms with van der Waals surface area (Å²) in [6, 6.07) is 0. The van der Waals surface area contributed by atoms with Crippen LogP contribution in [0.3, 0.4) is 0 Å². The molecule has 0 spiro atoms. The fraction of sp³-hybridized carbons (Fsp3) is 0.154. The van der Waals surface area contributed by atoms with Gasteiger partial charge in [-0.15, -0.1) is 37.5 Å². The molecule has 0 atom stereocenters. The number of hydrogen-bond donors (Lipinski definition) is 2. The van der Waals surface area contributed by atoms with Crippen molar-refractivity contribution in [3.05, 3.63) is 61.8 Å². The first-order chi connectivity index (χ1) is 7.83. The van der Waals surface area contributed by atoms with Gasteiger partial charge in [-0.25, -0.2) is 24.3 Å². The normalized spacial score (nSPS) is 9.41. The van der Waals surface area contributed by atoms with E-state index in [1.807, 2.05) is 38.2 Å². The van der Waals surface area contributed by atoms with Crippen molar-refractivity contribution in [2.75, 3.05) is 0 Å². The van der Waals surface area contributed by atoms with Gasteiger partial charge in [0.05, 0.1) is 0 Å². The second-order valence-corrected chi connectivity index (χ2v) is 2.12. The summed E-state index contributed by atoms with van der Waals surface area (Å²) in [4.78, 5) is 7.75. The van der Waals surface area contributed by atoms with E-state index in [0.717, 1.165) is 13.2 Å². The van der Waals surface area contributed by atoms with Crippen LogP contribution in [0, 0.1) is 13.2 Å². The number of aliphatic hydroxyl groups excluding tert-OH is 2. The van der Waals surface area contributed by atoms with Gasteiger partial charge in [0.25, 0.3) is 0 Å². The molecule has 0 saturated heterocycles. The zero-order chi connectivity index (χ0) is 13.1. The smallest absolute Gasteiger partial charge is 0.545 e. The topological polar surface area (TPSA) is 57.5 Å². The Labute approximate surface area is 117 Å². The van der Waals surface area contributed by atoms with Crippen molar-refractivity contribution in [1.82, 2.24) is 0 Å². The van der Waals surface area contributed by atoms with Crippen LogP contribution >= 0.6 is 0 Å². The molecule has 0 rings (SSSR count). The molecule has 17 heavy (non-hydrogen) atoms. The number of carbonyl (C=O) groups excluding carboxylic acids is 1. The maximum Gasteiger partial charge on any atom is 3.00 e. The summed E-state index contributed by atoms with van der Waals surface area (Å²) in [7, 11) is 0. The molecule has 0 bridgehead atoms. The van der Waals surface area contributed by atoms with Gasteiger partial charge in [-0.05, 0) is 13.8 Å². The molecule has 1 radical (unpaired) electrons. The molecule has 0 aliphatic heterocycles. The van der Waals surface area contributed by atoms with Gasteiger partial charge in [-0.1, -0.05) is 0 Å². The van der Waals surface area contributed by atoms with Crippen molar-refractivity contribution < 1.29 is 34.5 Å². The first-order valence-corrected chi connectivity index (χ1v) is 4.57. The number of aliphatic hydroxyl groups is 2. The molecule has 2 N–H and O–H groups in total. The van der Waals surface area contributed by atoms with Crippen molar-refractivity contribution in [2.24, 2.45) is 0 Å².